The number of amides is 2. The molecule has 1 aromatic carbocycles. The van der Waals surface area contributed by atoms with Gasteiger partial charge in [-0.15, -0.1) is 0 Å². The number of aromatic nitrogens is 1. The summed E-state index contributed by atoms with van der Waals surface area (Å²) in [7, 11) is 0. The van der Waals surface area contributed by atoms with Crippen LogP contribution in [0.3, 0.4) is 0 Å². The third-order valence-corrected chi connectivity index (χ3v) is 3.11. The van der Waals surface area contributed by atoms with Crippen LogP contribution in [-0.4, -0.2) is 17.0 Å². The molecule has 0 saturated carbocycles. The Morgan fingerprint density at radius 2 is 2.00 bits per heavy atom. The summed E-state index contributed by atoms with van der Waals surface area (Å²) in [6.45, 7) is 0.301. The number of nitrogens with zero attached hydrogens (tertiary/aromatic N) is 1. The maximum absolute atomic E-state index is 11.8. The van der Waals surface area contributed by atoms with E-state index in [1.54, 1.807) is 36.5 Å². The molecular formula is C15H13N3O3. The summed E-state index contributed by atoms with van der Waals surface area (Å²) in [5.41, 5.74) is 1.89. The first kappa shape index (κ1) is 13.1. The predicted octanol–water partition coefficient (Wildman–Crippen LogP) is 1.75. The van der Waals surface area contributed by atoms with E-state index < -0.39 is 18.2 Å². The molecule has 6 nitrogen and oxygen atoms in total. The van der Waals surface area contributed by atoms with Crippen molar-refractivity contribution in [3.05, 3.63) is 65.5 Å². The summed E-state index contributed by atoms with van der Waals surface area (Å²) in [5.74, 6) is -0.430. The van der Waals surface area contributed by atoms with Crippen LogP contribution in [0.15, 0.2) is 48.7 Å². The van der Waals surface area contributed by atoms with Crippen molar-refractivity contribution in [2.24, 2.45) is 0 Å². The topological polar surface area (TPSA) is 80.3 Å². The van der Waals surface area contributed by atoms with Gasteiger partial charge in [0.05, 0.1) is 17.8 Å². The first-order chi connectivity index (χ1) is 10.2. The predicted molar refractivity (Wildman–Crippen MR) is 74.2 cm³/mol. The molecule has 1 atom stereocenters. The number of hydrogen-bond donors (Lipinski definition) is 2. The number of pyridine rings is 1. The Balaban J connectivity index is 1.60. The first-order valence-corrected chi connectivity index (χ1v) is 6.48. The standard InChI is InChI=1S/C15H13N3O3/c19-14-12-7-2-1-6-11(12)13(21-14)18-15(20)17-9-10-5-3-4-8-16-10/h1-8,13H,9H2,(H2,17,18,20). The molecule has 2 aromatic rings. The lowest BCUT2D eigenvalue weighted by atomic mass is 10.1. The van der Waals surface area contributed by atoms with Crippen LogP contribution in [0.1, 0.15) is 27.8 Å². The molecule has 6 heteroatoms. The van der Waals surface area contributed by atoms with Crippen molar-refractivity contribution >= 4 is 12.0 Å². The van der Waals surface area contributed by atoms with Gasteiger partial charge in [-0.3, -0.25) is 10.3 Å². The van der Waals surface area contributed by atoms with Crippen LogP contribution in [0.2, 0.25) is 0 Å². The van der Waals surface area contributed by atoms with E-state index >= 15 is 0 Å². The summed E-state index contributed by atoms with van der Waals surface area (Å²) >= 11 is 0. The van der Waals surface area contributed by atoms with Crippen LogP contribution in [0.4, 0.5) is 4.79 Å². The fourth-order valence-corrected chi connectivity index (χ4v) is 2.10. The highest BCUT2D eigenvalue weighted by Crippen LogP contribution is 2.27. The molecule has 1 unspecified atom stereocenters. The Hall–Kier alpha value is -2.89. The second-order valence-electron chi connectivity index (χ2n) is 4.52. The van der Waals surface area contributed by atoms with Crippen molar-refractivity contribution in [3.8, 4) is 0 Å². The van der Waals surface area contributed by atoms with Gasteiger partial charge in [-0.05, 0) is 18.2 Å². The minimum absolute atomic E-state index is 0.301. The lowest BCUT2D eigenvalue weighted by Gasteiger charge is -2.13. The van der Waals surface area contributed by atoms with E-state index in [1.165, 1.54) is 0 Å². The summed E-state index contributed by atoms with van der Waals surface area (Å²) in [4.78, 5) is 27.6. The van der Waals surface area contributed by atoms with Gasteiger partial charge in [-0.2, -0.15) is 0 Å². The maximum atomic E-state index is 11.8. The molecule has 1 aliphatic rings. The van der Waals surface area contributed by atoms with Crippen LogP contribution >= 0.6 is 0 Å². The second-order valence-corrected chi connectivity index (χ2v) is 4.52. The molecule has 1 aliphatic heterocycles. The minimum atomic E-state index is -0.752. The Labute approximate surface area is 121 Å². The van der Waals surface area contributed by atoms with Crippen molar-refractivity contribution in [1.82, 2.24) is 15.6 Å². The molecule has 2 N–H and O–H groups in total. The van der Waals surface area contributed by atoms with Crippen molar-refractivity contribution < 1.29 is 14.3 Å². The van der Waals surface area contributed by atoms with Crippen LogP contribution in [0.25, 0.3) is 0 Å². The van der Waals surface area contributed by atoms with E-state index in [1.807, 2.05) is 12.1 Å². The number of benzene rings is 1. The molecule has 2 amide bonds. The highest BCUT2D eigenvalue weighted by atomic mass is 16.6. The third kappa shape index (κ3) is 2.84. The fraction of sp³-hybridized carbons (Fsp3) is 0.133. The van der Waals surface area contributed by atoms with Crippen LogP contribution in [0.5, 0.6) is 0 Å². The first-order valence-electron chi connectivity index (χ1n) is 6.48. The lowest BCUT2D eigenvalue weighted by molar-refractivity contribution is 0.0337. The number of carbonyl (C=O) groups excluding carboxylic acids is 2. The summed E-state index contributed by atoms with van der Waals surface area (Å²) < 4.78 is 5.13. The largest absolute Gasteiger partial charge is 0.434 e. The van der Waals surface area contributed by atoms with Gasteiger partial charge in [-0.25, -0.2) is 9.59 Å². The molecule has 3 rings (SSSR count). The molecule has 2 heterocycles. The zero-order valence-corrected chi connectivity index (χ0v) is 11.1. The van der Waals surface area contributed by atoms with Gasteiger partial charge in [0.15, 0.2) is 0 Å². The van der Waals surface area contributed by atoms with E-state index in [2.05, 4.69) is 15.6 Å². The number of urea groups is 1. The molecule has 21 heavy (non-hydrogen) atoms. The van der Waals surface area contributed by atoms with Gasteiger partial charge < -0.3 is 10.1 Å². The average molecular weight is 283 g/mol. The molecule has 0 bridgehead atoms. The zero-order valence-electron chi connectivity index (χ0n) is 11.1. The second kappa shape index (κ2) is 5.62. The molecule has 106 valence electrons. The molecule has 0 fully saturated rings. The number of cyclic esters (lactones) is 1. The van der Waals surface area contributed by atoms with E-state index in [0.29, 0.717) is 17.7 Å². The number of hydrogen-bond acceptors (Lipinski definition) is 4. The summed E-state index contributed by atoms with van der Waals surface area (Å²) in [6.07, 6.45) is 0.904. The van der Waals surface area contributed by atoms with E-state index in [-0.39, 0.29) is 0 Å². The van der Waals surface area contributed by atoms with E-state index in [9.17, 15) is 9.59 Å². The fourth-order valence-electron chi connectivity index (χ4n) is 2.10. The van der Waals surface area contributed by atoms with Gasteiger partial charge >= 0.3 is 12.0 Å². The normalized spacial score (nSPS) is 16.0. The van der Waals surface area contributed by atoms with Crippen LogP contribution < -0.4 is 10.6 Å². The number of ether oxygens (including phenoxy) is 1. The Kier molecular flexibility index (Phi) is 3.51. The van der Waals surface area contributed by atoms with Crippen molar-refractivity contribution in [3.63, 3.8) is 0 Å². The molecule has 0 aliphatic carbocycles. The minimum Gasteiger partial charge on any atom is -0.434 e. The molecule has 1 aromatic heterocycles. The molecule has 0 spiro atoms. The SMILES string of the molecule is O=C(NCc1ccccn1)NC1OC(=O)c2ccccc21. The number of esters is 1. The number of nitrogens with one attached hydrogen (secondary N) is 2. The van der Waals surface area contributed by atoms with Gasteiger partial charge in [-0.1, -0.05) is 24.3 Å². The third-order valence-electron chi connectivity index (χ3n) is 3.11. The van der Waals surface area contributed by atoms with E-state index in [0.717, 1.165) is 5.69 Å². The van der Waals surface area contributed by atoms with Crippen molar-refractivity contribution in [2.75, 3.05) is 0 Å². The Bertz CT molecular complexity index is 673. The molecule has 0 radical (unpaired) electrons. The van der Waals surface area contributed by atoms with Crippen LogP contribution in [0, 0.1) is 0 Å². The number of fused-ring (bicyclic) bond motifs is 1. The summed E-state index contributed by atoms with van der Waals surface area (Å²) in [5, 5.41) is 5.28. The Morgan fingerprint density at radius 3 is 2.81 bits per heavy atom. The summed E-state index contributed by atoms with van der Waals surface area (Å²) in [6, 6.07) is 12.0. The lowest BCUT2D eigenvalue weighted by Crippen LogP contribution is -2.37. The van der Waals surface area contributed by atoms with Gasteiger partial charge in [0.25, 0.3) is 0 Å². The highest BCUT2D eigenvalue weighted by Gasteiger charge is 2.31. The molecular weight excluding hydrogens is 270 g/mol. The maximum Gasteiger partial charge on any atom is 0.340 e. The van der Waals surface area contributed by atoms with Gasteiger partial charge in [0.2, 0.25) is 6.23 Å². The zero-order chi connectivity index (χ0) is 14.7. The number of carbonyl (C=O) groups is 2. The van der Waals surface area contributed by atoms with Crippen molar-refractivity contribution in [2.45, 2.75) is 12.8 Å². The monoisotopic (exact) mass is 283 g/mol. The average Bonchev–Trinajstić information content (AvgIpc) is 2.83. The van der Waals surface area contributed by atoms with Gasteiger partial charge in [0.1, 0.15) is 0 Å². The van der Waals surface area contributed by atoms with E-state index in [4.69, 9.17) is 4.74 Å². The van der Waals surface area contributed by atoms with Gasteiger partial charge in [0, 0.05) is 11.8 Å². The van der Waals surface area contributed by atoms with Crippen molar-refractivity contribution in [1.29, 1.82) is 0 Å². The Morgan fingerprint density at radius 1 is 1.19 bits per heavy atom. The highest BCUT2D eigenvalue weighted by molar-refractivity contribution is 5.94. The quantitative estimate of drug-likeness (QED) is 0.841. The smallest absolute Gasteiger partial charge is 0.340 e. The van der Waals surface area contributed by atoms with Crippen LogP contribution in [-0.2, 0) is 11.3 Å². The molecule has 0 saturated heterocycles. The number of rotatable bonds is 3.